The van der Waals surface area contributed by atoms with Gasteiger partial charge in [0, 0.05) is 13.0 Å². The monoisotopic (exact) mass is 225 g/mol. The third-order valence-corrected chi connectivity index (χ3v) is 3.08. The van der Waals surface area contributed by atoms with Crippen LogP contribution in [0.1, 0.15) is 31.7 Å². The number of Topliss-reactive ketones (excluding diaryl/α,β-unsaturated/α-hetero) is 1. The molecule has 1 heterocycles. The SMILES string of the molecule is CC(=O)CCCCN(C)Cc1ccsc1. The standard InChI is InChI=1S/C12H19NOS/c1-11(14)5-3-4-7-13(2)9-12-6-8-15-10-12/h6,8,10H,3-5,7,9H2,1-2H3. The van der Waals surface area contributed by atoms with E-state index in [2.05, 4.69) is 28.8 Å². The van der Waals surface area contributed by atoms with Crippen LogP contribution < -0.4 is 0 Å². The minimum Gasteiger partial charge on any atom is -0.302 e. The van der Waals surface area contributed by atoms with Gasteiger partial charge in [-0.25, -0.2) is 0 Å². The molecule has 0 radical (unpaired) electrons. The van der Waals surface area contributed by atoms with Crippen LogP contribution in [0.5, 0.6) is 0 Å². The number of ketones is 1. The zero-order valence-corrected chi connectivity index (χ0v) is 10.3. The minimum absolute atomic E-state index is 0.301. The van der Waals surface area contributed by atoms with Gasteiger partial charge in [-0.3, -0.25) is 0 Å². The third kappa shape index (κ3) is 5.70. The molecule has 0 aliphatic rings. The highest BCUT2D eigenvalue weighted by molar-refractivity contribution is 7.07. The molecule has 0 saturated carbocycles. The Morgan fingerprint density at radius 3 is 2.87 bits per heavy atom. The van der Waals surface area contributed by atoms with Gasteiger partial charge in [0.15, 0.2) is 0 Å². The average Bonchev–Trinajstić information content (AvgIpc) is 2.64. The molecule has 0 bridgehead atoms. The van der Waals surface area contributed by atoms with Crippen LogP contribution in [0, 0.1) is 0 Å². The van der Waals surface area contributed by atoms with E-state index in [1.807, 2.05) is 0 Å². The molecule has 0 saturated heterocycles. The summed E-state index contributed by atoms with van der Waals surface area (Å²) in [5.41, 5.74) is 1.38. The predicted molar refractivity (Wildman–Crippen MR) is 65.2 cm³/mol. The molecular formula is C12H19NOS. The van der Waals surface area contributed by atoms with Crippen molar-refractivity contribution in [1.82, 2.24) is 4.90 Å². The molecule has 0 spiro atoms. The van der Waals surface area contributed by atoms with Crippen molar-refractivity contribution >= 4 is 17.1 Å². The molecular weight excluding hydrogens is 206 g/mol. The number of thiophene rings is 1. The zero-order chi connectivity index (χ0) is 11.1. The van der Waals surface area contributed by atoms with Crippen LogP contribution in [-0.4, -0.2) is 24.3 Å². The average molecular weight is 225 g/mol. The molecule has 0 aliphatic heterocycles. The van der Waals surface area contributed by atoms with E-state index in [4.69, 9.17) is 0 Å². The highest BCUT2D eigenvalue weighted by Gasteiger charge is 2.01. The lowest BCUT2D eigenvalue weighted by Crippen LogP contribution is -2.18. The Hall–Kier alpha value is -0.670. The van der Waals surface area contributed by atoms with Gasteiger partial charge in [-0.05, 0) is 55.7 Å². The Labute approximate surface area is 95.9 Å². The Morgan fingerprint density at radius 1 is 1.47 bits per heavy atom. The second kappa shape index (κ2) is 6.75. The summed E-state index contributed by atoms with van der Waals surface area (Å²) in [6.07, 6.45) is 2.86. The summed E-state index contributed by atoms with van der Waals surface area (Å²) in [7, 11) is 2.13. The first-order chi connectivity index (χ1) is 7.18. The highest BCUT2D eigenvalue weighted by Crippen LogP contribution is 2.09. The summed E-state index contributed by atoms with van der Waals surface area (Å²) in [4.78, 5) is 13.0. The molecule has 0 aliphatic carbocycles. The summed E-state index contributed by atoms with van der Waals surface area (Å²) < 4.78 is 0. The van der Waals surface area contributed by atoms with Gasteiger partial charge in [-0.1, -0.05) is 0 Å². The van der Waals surface area contributed by atoms with Crippen molar-refractivity contribution in [3.63, 3.8) is 0 Å². The van der Waals surface area contributed by atoms with Crippen molar-refractivity contribution in [2.45, 2.75) is 32.7 Å². The first kappa shape index (κ1) is 12.4. The van der Waals surface area contributed by atoms with Gasteiger partial charge in [0.25, 0.3) is 0 Å². The van der Waals surface area contributed by atoms with Crippen LogP contribution in [0.3, 0.4) is 0 Å². The van der Waals surface area contributed by atoms with Crippen LogP contribution in [0.2, 0.25) is 0 Å². The van der Waals surface area contributed by atoms with E-state index in [1.54, 1.807) is 18.3 Å². The molecule has 84 valence electrons. The molecule has 1 aromatic rings. The van der Waals surface area contributed by atoms with Crippen molar-refractivity contribution in [3.8, 4) is 0 Å². The van der Waals surface area contributed by atoms with E-state index in [-0.39, 0.29) is 0 Å². The summed E-state index contributed by atoms with van der Waals surface area (Å²) in [5, 5.41) is 4.30. The largest absolute Gasteiger partial charge is 0.302 e. The van der Waals surface area contributed by atoms with Crippen LogP contribution in [-0.2, 0) is 11.3 Å². The number of hydrogen-bond acceptors (Lipinski definition) is 3. The maximum atomic E-state index is 10.7. The van der Waals surface area contributed by atoms with Crippen molar-refractivity contribution < 1.29 is 4.79 Å². The number of carbonyl (C=O) groups excluding carboxylic acids is 1. The molecule has 0 amide bonds. The lowest BCUT2D eigenvalue weighted by molar-refractivity contribution is -0.117. The number of rotatable bonds is 7. The number of unbranched alkanes of at least 4 members (excludes halogenated alkanes) is 1. The number of hydrogen-bond donors (Lipinski definition) is 0. The lowest BCUT2D eigenvalue weighted by Gasteiger charge is -2.15. The number of carbonyl (C=O) groups is 1. The molecule has 15 heavy (non-hydrogen) atoms. The molecule has 0 fully saturated rings. The summed E-state index contributed by atoms with van der Waals surface area (Å²) in [5.74, 6) is 0.301. The molecule has 1 rings (SSSR count). The van der Waals surface area contributed by atoms with Gasteiger partial charge in [0.05, 0.1) is 0 Å². The zero-order valence-electron chi connectivity index (χ0n) is 9.53. The van der Waals surface area contributed by atoms with Crippen molar-refractivity contribution in [3.05, 3.63) is 22.4 Å². The van der Waals surface area contributed by atoms with Crippen molar-refractivity contribution in [2.24, 2.45) is 0 Å². The second-order valence-electron chi connectivity index (χ2n) is 4.03. The quantitative estimate of drug-likeness (QED) is 0.665. The second-order valence-corrected chi connectivity index (χ2v) is 4.81. The van der Waals surface area contributed by atoms with E-state index in [0.29, 0.717) is 5.78 Å². The smallest absolute Gasteiger partial charge is 0.129 e. The topological polar surface area (TPSA) is 20.3 Å². The van der Waals surface area contributed by atoms with E-state index in [1.165, 1.54) is 5.56 Å². The Kier molecular flexibility index (Phi) is 5.58. The molecule has 0 N–H and O–H groups in total. The molecule has 2 nitrogen and oxygen atoms in total. The van der Waals surface area contributed by atoms with Crippen LogP contribution in [0.15, 0.2) is 16.8 Å². The van der Waals surface area contributed by atoms with Crippen LogP contribution >= 0.6 is 11.3 Å². The summed E-state index contributed by atoms with van der Waals surface area (Å²) >= 11 is 1.74. The van der Waals surface area contributed by atoms with Crippen molar-refractivity contribution in [1.29, 1.82) is 0 Å². The van der Waals surface area contributed by atoms with Crippen LogP contribution in [0.4, 0.5) is 0 Å². The van der Waals surface area contributed by atoms with E-state index in [0.717, 1.165) is 32.4 Å². The van der Waals surface area contributed by atoms with E-state index in [9.17, 15) is 4.79 Å². The third-order valence-electron chi connectivity index (χ3n) is 2.35. The van der Waals surface area contributed by atoms with Crippen LogP contribution in [0.25, 0.3) is 0 Å². The van der Waals surface area contributed by atoms with Crippen molar-refractivity contribution in [2.75, 3.05) is 13.6 Å². The Morgan fingerprint density at radius 2 is 2.27 bits per heavy atom. The predicted octanol–water partition coefficient (Wildman–Crippen LogP) is 2.94. The normalized spacial score (nSPS) is 10.9. The van der Waals surface area contributed by atoms with Gasteiger partial charge in [0.2, 0.25) is 0 Å². The van der Waals surface area contributed by atoms with Gasteiger partial charge < -0.3 is 9.69 Å². The molecule has 3 heteroatoms. The van der Waals surface area contributed by atoms with Gasteiger partial charge in [-0.15, -0.1) is 0 Å². The minimum atomic E-state index is 0.301. The molecule has 1 aromatic heterocycles. The fraction of sp³-hybridized carbons (Fsp3) is 0.583. The molecule has 0 aromatic carbocycles. The molecule has 0 atom stereocenters. The van der Waals surface area contributed by atoms with E-state index >= 15 is 0 Å². The summed E-state index contributed by atoms with van der Waals surface area (Å²) in [6, 6.07) is 2.16. The lowest BCUT2D eigenvalue weighted by atomic mass is 10.2. The maximum Gasteiger partial charge on any atom is 0.129 e. The first-order valence-corrected chi connectivity index (χ1v) is 6.32. The first-order valence-electron chi connectivity index (χ1n) is 5.37. The fourth-order valence-corrected chi connectivity index (χ4v) is 2.19. The van der Waals surface area contributed by atoms with Gasteiger partial charge in [0.1, 0.15) is 5.78 Å². The van der Waals surface area contributed by atoms with Gasteiger partial charge in [-0.2, -0.15) is 11.3 Å². The summed E-state index contributed by atoms with van der Waals surface area (Å²) in [6.45, 7) is 3.75. The Balaban J connectivity index is 2.08. The van der Waals surface area contributed by atoms with E-state index < -0.39 is 0 Å². The number of nitrogens with zero attached hydrogens (tertiary/aromatic N) is 1. The fourth-order valence-electron chi connectivity index (χ4n) is 1.53. The highest BCUT2D eigenvalue weighted by atomic mass is 32.1. The van der Waals surface area contributed by atoms with Gasteiger partial charge >= 0.3 is 0 Å². The Bertz CT molecular complexity index is 282. The maximum absolute atomic E-state index is 10.7. The molecule has 0 unspecified atom stereocenters.